The van der Waals surface area contributed by atoms with E-state index in [0.29, 0.717) is 17.4 Å². The Hall–Kier alpha value is -0.990. The highest BCUT2D eigenvalue weighted by Gasteiger charge is 2.27. The molecule has 0 aliphatic carbocycles. The van der Waals surface area contributed by atoms with Gasteiger partial charge in [0.1, 0.15) is 19.8 Å². The average molecular weight is 511 g/mol. The van der Waals surface area contributed by atoms with Gasteiger partial charge in [-0.25, -0.2) is 4.57 Å². The largest absolute Gasteiger partial charge is 0.472 e. The van der Waals surface area contributed by atoms with Crippen molar-refractivity contribution >= 4 is 19.8 Å². The van der Waals surface area contributed by atoms with Gasteiger partial charge in [0.2, 0.25) is 0 Å². The standard InChI is InChI=1S/C24H48NO8P/c1-6-8-10-12-14-16-23(26)30-20-22(33-24(27)17-15-13-11-9-7-2)21-32-34(28,29)31-19-18-25(3,4)5/h22H,6-21H2,1-5H3/p+1/t22-/m1/s1. The van der Waals surface area contributed by atoms with E-state index in [1.807, 2.05) is 21.1 Å². The number of esters is 2. The number of rotatable bonds is 22. The molecule has 2 atom stereocenters. The third-order valence-electron chi connectivity index (χ3n) is 5.14. The molecule has 0 spiro atoms. The van der Waals surface area contributed by atoms with Gasteiger partial charge in [-0.1, -0.05) is 65.2 Å². The van der Waals surface area contributed by atoms with Gasteiger partial charge < -0.3 is 18.9 Å². The van der Waals surface area contributed by atoms with Gasteiger partial charge in [-0.3, -0.25) is 18.6 Å². The topological polar surface area (TPSA) is 108 Å². The molecular weight excluding hydrogens is 461 g/mol. The van der Waals surface area contributed by atoms with Crippen LogP contribution in [0.3, 0.4) is 0 Å². The van der Waals surface area contributed by atoms with Gasteiger partial charge in [-0.05, 0) is 12.8 Å². The maximum atomic E-state index is 12.2. The molecule has 0 aliphatic rings. The number of nitrogens with zero attached hydrogens (tertiary/aromatic N) is 1. The van der Waals surface area contributed by atoms with E-state index in [2.05, 4.69) is 13.8 Å². The number of phosphoric acid groups is 1. The summed E-state index contributed by atoms with van der Waals surface area (Å²) in [6.45, 7) is 4.17. The molecule has 0 radical (unpaired) electrons. The van der Waals surface area contributed by atoms with Gasteiger partial charge in [-0.15, -0.1) is 0 Å². The molecule has 1 N–H and O–H groups in total. The molecule has 0 saturated carbocycles. The number of ether oxygens (including phenoxy) is 2. The summed E-state index contributed by atoms with van der Waals surface area (Å²) in [7, 11) is 1.47. The van der Waals surface area contributed by atoms with Crippen LogP contribution in [-0.2, 0) is 32.7 Å². The SMILES string of the molecule is CCCCCCCC(=O)OC[C@H](COP(=O)(O)OCC[N+](C)(C)C)OC(=O)CCCCCCC. The third kappa shape index (κ3) is 21.5. The minimum Gasteiger partial charge on any atom is -0.462 e. The van der Waals surface area contributed by atoms with Crippen LogP contribution >= 0.6 is 7.82 Å². The second-order valence-corrected chi connectivity index (χ2v) is 11.2. The fourth-order valence-electron chi connectivity index (χ4n) is 3.01. The van der Waals surface area contributed by atoms with Crippen LogP contribution in [0.25, 0.3) is 0 Å². The molecule has 10 heteroatoms. The molecule has 34 heavy (non-hydrogen) atoms. The van der Waals surface area contributed by atoms with E-state index < -0.39 is 26.5 Å². The highest BCUT2D eigenvalue weighted by atomic mass is 31.2. The van der Waals surface area contributed by atoms with Crippen LogP contribution in [0.2, 0.25) is 0 Å². The Balaban J connectivity index is 4.62. The van der Waals surface area contributed by atoms with Crippen LogP contribution < -0.4 is 0 Å². The Labute approximate surface area is 206 Å². The lowest BCUT2D eigenvalue weighted by atomic mass is 10.1. The Morgan fingerprint density at radius 3 is 1.85 bits per heavy atom. The molecule has 0 amide bonds. The van der Waals surface area contributed by atoms with Crippen LogP contribution in [0, 0.1) is 0 Å². The van der Waals surface area contributed by atoms with E-state index in [4.69, 9.17) is 18.5 Å². The molecule has 0 saturated heterocycles. The minimum atomic E-state index is -4.33. The Morgan fingerprint density at radius 2 is 1.32 bits per heavy atom. The zero-order valence-corrected chi connectivity index (χ0v) is 23.0. The monoisotopic (exact) mass is 510 g/mol. The molecule has 0 aromatic rings. The van der Waals surface area contributed by atoms with Crippen molar-refractivity contribution in [3.8, 4) is 0 Å². The lowest BCUT2D eigenvalue weighted by Gasteiger charge is -2.24. The Bertz CT molecular complexity index is 594. The van der Waals surface area contributed by atoms with Gasteiger partial charge >= 0.3 is 19.8 Å². The van der Waals surface area contributed by atoms with Crippen LogP contribution in [-0.4, -0.2) is 74.9 Å². The van der Waals surface area contributed by atoms with E-state index in [0.717, 1.165) is 57.8 Å². The summed E-state index contributed by atoms with van der Waals surface area (Å²) in [4.78, 5) is 34.2. The van der Waals surface area contributed by atoms with Crippen molar-refractivity contribution in [2.45, 2.75) is 97.0 Å². The molecule has 202 valence electrons. The first-order valence-electron chi connectivity index (χ1n) is 12.8. The first kappa shape index (κ1) is 33.0. The van der Waals surface area contributed by atoms with Crippen molar-refractivity contribution in [1.29, 1.82) is 0 Å². The van der Waals surface area contributed by atoms with E-state index >= 15 is 0 Å². The normalized spacial score (nSPS) is 14.4. The van der Waals surface area contributed by atoms with Gasteiger partial charge in [-0.2, -0.15) is 0 Å². The number of carbonyl (C=O) groups excluding carboxylic acids is 2. The summed E-state index contributed by atoms with van der Waals surface area (Å²) >= 11 is 0. The van der Waals surface area contributed by atoms with Gasteiger partial charge in [0, 0.05) is 12.8 Å². The number of carbonyl (C=O) groups is 2. The second kappa shape index (κ2) is 19.2. The highest BCUT2D eigenvalue weighted by molar-refractivity contribution is 7.47. The maximum absolute atomic E-state index is 12.2. The Morgan fingerprint density at radius 1 is 0.794 bits per heavy atom. The van der Waals surface area contributed by atoms with Crippen LogP contribution in [0.1, 0.15) is 90.9 Å². The lowest BCUT2D eigenvalue weighted by Crippen LogP contribution is -2.37. The zero-order chi connectivity index (χ0) is 25.9. The van der Waals surface area contributed by atoms with Crippen molar-refractivity contribution in [2.75, 3.05) is 47.5 Å². The summed E-state index contributed by atoms with van der Waals surface area (Å²) in [6, 6.07) is 0. The fraction of sp³-hybridized carbons (Fsp3) is 0.917. The van der Waals surface area contributed by atoms with Crippen LogP contribution in [0.4, 0.5) is 0 Å². The van der Waals surface area contributed by atoms with Crippen LogP contribution in [0.15, 0.2) is 0 Å². The number of quaternary nitrogens is 1. The molecule has 0 aromatic heterocycles. The first-order valence-corrected chi connectivity index (χ1v) is 14.3. The summed E-state index contributed by atoms with van der Waals surface area (Å²) in [5.74, 6) is -0.831. The zero-order valence-electron chi connectivity index (χ0n) is 22.1. The van der Waals surface area contributed by atoms with E-state index in [9.17, 15) is 19.0 Å². The first-order chi connectivity index (χ1) is 16.0. The smallest absolute Gasteiger partial charge is 0.462 e. The van der Waals surface area contributed by atoms with E-state index in [-0.39, 0.29) is 32.0 Å². The molecule has 0 bridgehead atoms. The molecule has 9 nitrogen and oxygen atoms in total. The predicted molar refractivity (Wildman–Crippen MR) is 132 cm³/mol. The molecule has 0 fully saturated rings. The Kier molecular flexibility index (Phi) is 18.7. The molecule has 0 rings (SSSR count). The number of unbranched alkanes of at least 4 members (excludes halogenated alkanes) is 8. The lowest BCUT2D eigenvalue weighted by molar-refractivity contribution is -0.870. The van der Waals surface area contributed by atoms with Crippen molar-refractivity contribution in [1.82, 2.24) is 0 Å². The third-order valence-corrected chi connectivity index (χ3v) is 6.12. The highest BCUT2D eigenvalue weighted by Crippen LogP contribution is 2.43. The fourth-order valence-corrected chi connectivity index (χ4v) is 3.75. The maximum Gasteiger partial charge on any atom is 0.472 e. The quantitative estimate of drug-likeness (QED) is 0.0938. The van der Waals surface area contributed by atoms with Gasteiger partial charge in [0.05, 0.1) is 27.7 Å². The molecule has 1 unspecified atom stereocenters. The number of phosphoric ester groups is 1. The van der Waals surface area contributed by atoms with E-state index in [1.165, 1.54) is 0 Å². The van der Waals surface area contributed by atoms with Gasteiger partial charge in [0.25, 0.3) is 0 Å². The summed E-state index contributed by atoms with van der Waals surface area (Å²) in [5.41, 5.74) is 0. The van der Waals surface area contributed by atoms with Crippen molar-refractivity contribution in [3.63, 3.8) is 0 Å². The number of likely N-dealkylation sites (N-methyl/N-ethyl adjacent to an activating group) is 1. The minimum absolute atomic E-state index is 0.0342. The van der Waals surface area contributed by atoms with Crippen molar-refractivity contribution in [3.05, 3.63) is 0 Å². The van der Waals surface area contributed by atoms with Crippen LogP contribution in [0.5, 0.6) is 0 Å². The van der Waals surface area contributed by atoms with Crippen molar-refractivity contribution < 1.29 is 42.1 Å². The second-order valence-electron chi connectivity index (χ2n) is 9.73. The molecule has 0 aliphatic heterocycles. The van der Waals surface area contributed by atoms with E-state index in [1.54, 1.807) is 0 Å². The number of hydrogen-bond acceptors (Lipinski definition) is 7. The summed E-state index contributed by atoms with van der Waals surface area (Å²) in [5, 5.41) is 0. The summed E-state index contributed by atoms with van der Waals surface area (Å²) in [6.07, 6.45) is 9.54. The number of hydrogen-bond donors (Lipinski definition) is 1. The molecule has 0 aromatic carbocycles. The predicted octanol–water partition coefficient (Wildman–Crippen LogP) is 5.00. The van der Waals surface area contributed by atoms with Gasteiger partial charge in [0.15, 0.2) is 6.10 Å². The van der Waals surface area contributed by atoms with Crippen molar-refractivity contribution in [2.24, 2.45) is 0 Å². The average Bonchev–Trinajstić information content (AvgIpc) is 2.74. The molecular formula is C24H49NO8P+. The summed E-state index contributed by atoms with van der Waals surface area (Å²) < 4.78 is 33.4. The molecule has 0 heterocycles.